The van der Waals surface area contributed by atoms with Gasteiger partial charge >= 0.3 is 0 Å². The molecule has 80 valence electrons. The lowest BCUT2D eigenvalue weighted by molar-refractivity contribution is 0.138. The molecule has 3 atom stereocenters. The zero-order chi connectivity index (χ0) is 10.6. The maximum absolute atomic E-state index is 8.65. The molecule has 3 unspecified atom stereocenters. The van der Waals surface area contributed by atoms with Crippen molar-refractivity contribution in [3.8, 4) is 6.07 Å². The van der Waals surface area contributed by atoms with Crippen molar-refractivity contribution in [3.05, 3.63) is 0 Å². The third-order valence-electron chi connectivity index (χ3n) is 3.28. The van der Waals surface area contributed by atoms with E-state index in [1.54, 1.807) is 0 Å². The number of hydrogen-bond acceptors (Lipinski definition) is 3. The summed E-state index contributed by atoms with van der Waals surface area (Å²) in [6.07, 6.45) is 5.25. The van der Waals surface area contributed by atoms with Gasteiger partial charge in [-0.2, -0.15) is 5.26 Å². The number of rotatable bonds is 3. The van der Waals surface area contributed by atoms with E-state index in [9.17, 15) is 0 Å². The SMILES string of the molecule is CC1CCCCC1N(C)CC(N)C#N. The van der Waals surface area contributed by atoms with Crippen LogP contribution in [0, 0.1) is 17.2 Å². The smallest absolute Gasteiger partial charge is 0.106 e. The normalized spacial score (nSPS) is 29.9. The predicted molar refractivity (Wildman–Crippen MR) is 57.6 cm³/mol. The fraction of sp³-hybridized carbons (Fsp3) is 0.909. The molecule has 1 rings (SSSR count). The molecule has 1 saturated carbocycles. The van der Waals surface area contributed by atoms with Crippen LogP contribution in [0.2, 0.25) is 0 Å². The summed E-state index contributed by atoms with van der Waals surface area (Å²) in [7, 11) is 2.09. The number of likely N-dealkylation sites (N-methyl/N-ethyl adjacent to an activating group) is 1. The van der Waals surface area contributed by atoms with Gasteiger partial charge < -0.3 is 10.6 Å². The Morgan fingerprint density at radius 1 is 1.50 bits per heavy atom. The first kappa shape index (κ1) is 11.5. The minimum Gasteiger partial charge on any atom is -0.315 e. The van der Waals surface area contributed by atoms with Gasteiger partial charge in [0.1, 0.15) is 6.04 Å². The fourth-order valence-corrected chi connectivity index (χ4v) is 2.44. The molecule has 0 amide bonds. The highest BCUT2D eigenvalue weighted by atomic mass is 15.1. The molecule has 0 bridgehead atoms. The van der Waals surface area contributed by atoms with E-state index in [-0.39, 0.29) is 6.04 Å². The molecule has 1 aliphatic carbocycles. The molecule has 0 spiro atoms. The second-order valence-electron chi connectivity index (χ2n) is 4.50. The van der Waals surface area contributed by atoms with Crippen molar-refractivity contribution in [1.82, 2.24) is 4.90 Å². The predicted octanol–water partition coefficient (Wildman–Crippen LogP) is 1.35. The lowest BCUT2D eigenvalue weighted by atomic mass is 9.85. The third kappa shape index (κ3) is 2.97. The van der Waals surface area contributed by atoms with Gasteiger partial charge in [-0.05, 0) is 25.8 Å². The highest BCUT2D eigenvalue weighted by Gasteiger charge is 2.25. The van der Waals surface area contributed by atoms with E-state index in [2.05, 4.69) is 24.9 Å². The molecule has 0 aromatic rings. The summed E-state index contributed by atoms with van der Waals surface area (Å²) in [6.45, 7) is 3.00. The lowest BCUT2D eigenvalue weighted by Gasteiger charge is -2.36. The van der Waals surface area contributed by atoms with Gasteiger partial charge in [-0.25, -0.2) is 0 Å². The van der Waals surface area contributed by atoms with E-state index in [4.69, 9.17) is 11.0 Å². The molecule has 2 N–H and O–H groups in total. The summed E-state index contributed by atoms with van der Waals surface area (Å²) in [5.74, 6) is 0.750. The van der Waals surface area contributed by atoms with Gasteiger partial charge in [0.15, 0.2) is 0 Å². The van der Waals surface area contributed by atoms with E-state index in [0.29, 0.717) is 12.6 Å². The van der Waals surface area contributed by atoms with Crippen LogP contribution >= 0.6 is 0 Å². The topological polar surface area (TPSA) is 53.0 Å². The first-order valence-electron chi connectivity index (χ1n) is 5.50. The van der Waals surface area contributed by atoms with Gasteiger partial charge in [-0.15, -0.1) is 0 Å². The van der Waals surface area contributed by atoms with Crippen molar-refractivity contribution in [2.45, 2.75) is 44.7 Å². The Kier molecular flexibility index (Phi) is 4.37. The molecule has 1 fully saturated rings. The lowest BCUT2D eigenvalue weighted by Crippen LogP contribution is -2.44. The number of nitriles is 1. The molecule has 0 aliphatic heterocycles. The minimum absolute atomic E-state index is 0.339. The Morgan fingerprint density at radius 2 is 2.14 bits per heavy atom. The average Bonchev–Trinajstić information content (AvgIpc) is 2.18. The van der Waals surface area contributed by atoms with Crippen LogP contribution in [0.1, 0.15) is 32.6 Å². The number of nitrogens with two attached hydrogens (primary N) is 1. The molecule has 0 aromatic carbocycles. The maximum atomic E-state index is 8.65. The summed E-state index contributed by atoms with van der Waals surface area (Å²) in [5.41, 5.74) is 5.62. The van der Waals surface area contributed by atoms with Crippen LogP contribution in [-0.4, -0.2) is 30.6 Å². The summed E-state index contributed by atoms with van der Waals surface area (Å²) >= 11 is 0. The second kappa shape index (κ2) is 5.33. The molecule has 14 heavy (non-hydrogen) atoms. The van der Waals surface area contributed by atoms with E-state index < -0.39 is 0 Å². The van der Waals surface area contributed by atoms with E-state index in [1.165, 1.54) is 25.7 Å². The van der Waals surface area contributed by atoms with Crippen LogP contribution in [0.4, 0.5) is 0 Å². The molecular formula is C11H21N3. The van der Waals surface area contributed by atoms with E-state index >= 15 is 0 Å². The van der Waals surface area contributed by atoms with Gasteiger partial charge in [-0.3, -0.25) is 0 Å². The van der Waals surface area contributed by atoms with Crippen molar-refractivity contribution in [2.75, 3.05) is 13.6 Å². The Bertz CT molecular complexity index is 209. The van der Waals surface area contributed by atoms with Crippen LogP contribution in [-0.2, 0) is 0 Å². The summed E-state index contributed by atoms with van der Waals surface area (Å²) in [5, 5.41) is 8.65. The van der Waals surface area contributed by atoms with Crippen molar-refractivity contribution >= 4 is 0 Å². The Labute approximate surface area is 86.9 Å². The number of nitrogens with zero attached hydrogens (tertiary/aromatic N) is 2. The second-order valence-corrected chi connectivity index (χ2v) is 4.50. The van der Waals surface area contributed by atoms with Gasteiger partial charge in [0.05, 0.1) is 6.07 Å². The molecule has 0 saturated heterocycles. The quantitative estimate of drug-likeness (QED) is 0.739. The van der Waals surface area contributed by atoms with Crippen molar-refractivity contribution in [2.24, 2.45) is 11.7 Å². The Morgan fingerprint density at radius 3 is 2.71 bits per heavy atom. The molecule has 0 aromatic heterocycles. The van der Waals surface area contributed by atoms with Crippen molar-refractivity contribution in [3.63, 3.8) is 0 Å². The minimum atomic E-state index is -0.339. The monoisotopic (exact) mass is 195 g/mol. The zero-order valence-corrected chi connectivity index (χ0v) is 9.24. The van der Waals surface area contributed by atoms with Crippen LogP contribution in [0.3, 0.4) is 0 Å². The molecule has 0 heterocycles. The summed E-state index contributed by atoms with van der Waals surface area (Å²) in [4.78, 5) is 2.26. The highest BCUT2D eigenvalue weighted by molar-refractivity contribution is 4.90. The summed E-state index contributed by atoms with van der Waals surface area (Å²) in [6, 6.07) is 2.38. The maximum Gasteiger partial charge on any atom is 0.106 e. The van der Waals surface area contributed by atoms with Crippen LogP contribution in [0.15, 0.2) is 0 Å². The standard InChI is InChI=1S/C11H21N3/c1-9-5-3-4-6-11(9)14(2)8-10(13)7-12/h9-11H,3-6,8,13H2,1-2H3. The first-order chi connectivity index (χ1) is 6.65. The average molecular weight is 195 g/mol. The van der Waals surface area contributed by atoms with Crippen LogP contribution in [0.25, 0.3) is 0 Å². The van der Waals surface area contributed by atoms with Crippen molar-refractivity contribution < 1.29 is 0 Å². The van der Waals surface area contributed by atoms with Crippen molar-refractivity contribution in [1.29, 1.82) is 5.26 Å². The van der Waals surface area contributed by atoms with E-state index in [1.807, 2.05) is 0 Å². The van der Waals surface area contributed by atoms with Gasteiger partial charge in [0.25, 0.3) is 0 Å². The molecule has 1 aliphatic rings. The highest BCUT2D eigenvalue weighted by Crippen LogP contribution is 2.27. The molecular weight excluding hydrogens is 174 g/mol. The Hall–Kier alpha value is -0.590. The fourth-order valence-electron chi connectivity index (χ4n) is 2.44. The molecule has 3 heteroatoms. The molecule has 0 radical (unpaired) electrons. The van der Waals surface area contributed by atoms with Gasteiger partial charge in [0.2, 0.25) is 0 Å². The van der Waals surface area contributed by atoms with Crippen LogP contribution in [0.5, 0.6) is 0 Å². The zero-order valence-electron chi connectivity index (χ0n) is 9.24. The largest absolute Gasteiger partial charge is 0.315 e. The summed E-state index contributed by atoms with van der Waals surface area (Å²) < 4.78 is 0. The third-order valence-corrected chi connectivity index (χ3v) is 3.28. The van der Waals surface area contributed by atoms with Gasteiger partial charge in [0, 0.05) is 12.6 Å². The van der Waals surface area contributed by atoms with E-state index in [0.717, 1.165) is 5.92 Å². The Balaban J connectivity index is 2.42. The first-order valence-corrected chi connectivity index (χ1v) is 5.50. The molecule has 3 nitrogen and oxygen atoms in total. The van der Waals surface area contributed by atoms with Gasteiger partial charge in [-0.1, -0.05) is 19.8 Å². The number of hydrogen-bond donors (Lipinski definition) is 1. The van der Waals surface area contributed by atoms with Crippen LogP contribution < -0.4 is 5.73 Å².